The van der Waals surface area contributed by atoms with Gasteiger partial charge in [-0.15, -0.1) is 0 Å². The summed E-state index contributed by atoms with van der Waals surface area (Å²) >= 11 is 0. The lowest BCUT2D eigenvalue weighted by atomic mass is 10.2. The highest BCUT2D eigenvalue weighted by atomic mass is 32.2. The number of anilines is 1. The van der Waals surface area contributed by atoms with Crippen molar-refractivity contribution in [1.82, 2.24) is 9.99 Å². The minimum Gasteiger partial charge on any atom is -0.497 e. The van der Waals surface area contributed by atoms with Crippen LogP contribution in [0.4, 0.5) is 10.1 Å². The quantitative estimate of drug-likeness (QED) is 0.213. The number of aryl methyl sites for hydroxylation is 2. The molecule has 214 valence electrons. The highest BCUT2D eigenvalue weighted by Crippen LogP contribution is 2.35. The lowest BCUT2D eigenvalue weighted by Gasteiger charge is -2.25. The molecule has 0 aliphatic rings. The van der Waals surface area contributed by atoms with Gasteiger partial charge in [0.1, 0.15) is 23.9 Å². The molecule has 0 bridgehead atoms. The van der Waals surface area contributed by atoms with E-state index in [1.54, 1.807) is 36.4 Å². The van der Waals surface area contributed by atoms with Crippen molar-refractivity contribution >= 4 is 27.8 Å². The van der Waals surface area contributed by atoms with E-state index in [4.69, 9.17) is 9.47 Å². The van der Waals surface area contributed by atoms with Gasteiger partial charge in [0.2, 0.25) is 0 Å². The molecule has 0 saturated carbocycles. The van der Waals surface area contributed by atoms with Gasteiger partial charge in [0, 0.05) is 28.7 Å². The third-order valence-electron chi connectivity index (χ3n) is 6.50. The normalized spacial score (nSPS) is 11.5. The van der Waals surface area contributed by atoms with E-state index in [0.29, 0.717) is 5.75 Å². The number of amides is 1. The van der Waals surface area contributed by atoms with Gasteiger partial charge in [-0.05, 0) is 75.4 Å². The first-order valence-electron chi connectivity index (χ1n) is 12.6. The number of hydrogen-bond acceptors (Lipinski definition) is 6. The molecule has 4 aromatic rings. The number of benzene rings is 3. The smallest absolute Gasteiger partial charge is 0.264 e. The van der Waals surface area contributed by atoms with Gasteiger partial charge in [0.05, 0.1) is 31.0 Å². The van der Waals surface area contributed by atoms with Gasteiger partial charge in [0.15, 0.2) is 0 Å². The van der Waals surface area contributed by atoms with E-state index >= 15 is 0 Å². The van der Waals surface area contributed by atoms with Crippen LogP contribution in [0.1, 0.15) is 22.5 Å². The predicted molar refractivity (Wildman–Crippen MR) is 156 cm³/mol. The molecule has 0 spiro atoms. The van der Waals surface area contributed by atoms with Crippen molar-refractivity contribution in [2.75, 3.05) is 25.1 Å². The van der Waals surface area contributed by atoms with E-state index in [0.717, 1.165) is 32.5 Å². The van der Waals surface area contributed by atoms with Crippen molar-refractivity contribution in [3.05, 3.63) is 101 Å². The molecule has 0 radical (unpaired) electrons. The summed E-state index contributed by atoms with van der Waals surface area (Å²) in [6, 6.07) is 19.0. The molecule has 11 heteroatoms. The summed E-state index contributed by atoms with van der Waals surface area (Å²) in [5, 5.41) is 4.08. The zero-order valence-corrected chi connectivity index (χ0v) is 24.2. The molecule has 1 heterocycles. The number of nitrogens with zero attached hydrogens (tertiary/aromatic N) is 3. The number of rotatable bonds is 10. The Bertz CT molecular complexity index is 1680. The number of aromatic nitrogens is 1. The van der Waals surface area contributed by atoms with Crippen LogP contribution in [0, 0.1) is 26.6 Å². The molecule has 0 unspecified atom stereocenters. The Morgan fingerprint density at radius 2 is 1.66 bits per heavy atom. The molecule has 9 nitrogen and oxygen atoms in total. The van der Waals surface area contributed by atoms with Crippen LogP contribution < -0.4 is 19.2 Å². The summed E-state index contributed by atoms with van der Waals surface area (Å²) in [4.78, 5) is 13.1. The van der Waals surface area contributed by atoms with E-state index in [1.807, 2.05) is 31.4 Å². The maximum absolute atomic E-state index is 13.7. The fourth-order valence-corrected chi connectivity index (χ4v) is 5.80. The molecule has 1 amide bonds. The number of carbonyl (C=O) groups excluding carboxylic acids is 1. The molecule has 0 aliphatic carbocycles. The van der Waals surface area contributed by atoms with E-state index in [1.165, 1.54) is 50.8 Å². The van der Waals surface area contributed by atoms with Gasteiger partial charge in [0.25, 0.3) is 15.9 Å². The van der Waals surface area contributed by atoms with Crippen LogP contribution in [0.15, 0.2) is 82.8 Å². The van der Waals surface area contributed by atoms with Crippen LogP contribution in [-0.2, 0) is 14.8 Å². The zero-order chi connectivity index (χ0) is 29.7. The van der Waals surface area contributed by atoms with Gasteiger partial charge in [-0.2, -0.15) is 5.10 Å². The Morgan fingerprint density at radius 3 is 2.29 bits per heavy atom. The van der Waals surface area contributed by atoms with E-state index in [2.05, 4.69) is 10.5 Å². The standard InChI is InChI=1S/C30H31FN4O5S/c1-20-6-13-27(14-7-20)41(37,38)34(28-15-12-26(39-4)17-29(28)40-5)19-30(36)33-32-18-23-16-21(2)35(22(23)3)25-10-8-24(31)9-11-25/h6-18H,19H2,1-5H3,(H,33,36)/b32-18-. The second-order valence-corrected chi connectivity index (χ2v) is 11.2. The average molecular weight is 579 g/mol. The molecule has 41 heavy (non-hydrogen) atoms. The van der Waals surface area contributed by atoms with Crippen molar-refractivity contribution in [2.24, 2.45) is 5.10 Å². The summed E-state index contributed by atoms with van der Waals surface area (Å²) in [5.74, 6) is -0.316. The fraction of sp³-hybridized carbons (Fsp3) is 0.200. The monoisotopic (exact) mass is 578 g/mol. The highest BCUT2D eigenvalue weighted by molar-refractivity contribution is 7.92. The maximum atomic E-state index is 13.7. The molecular formula is C30H31FN4O5S. The molecule has 3 aromatic carbocycles. The summed E-state index contributed by atoms with van der Waals surface area (Å²) in [6.45, 7) is 5.07. The third kappa shape index (κ3) is 6.41. The van der Waals surface area contributed by atoms with Crippen LogP contribution in [0.25, 0.3) is 5.69 Å². The molecule has 4 rings (SSSR count). The largest absolute Gasteiger partial charge is 0.497 e. The Morgan fingerprint density at radius 1 is 0.976 bits per heavy atom. The number of nitrogens with one attached hydrogen (secondary N) is 1. The SMILES string of the molecule is COc1ccc(N(CC(=O)N/N=C\c2cc(C)n(-c3ccc(F)cc3)c2C)S(=O)(=O)c2ccc(C)cc2)c(OC)c1. The number of sulfonamides is 1. The predicted octanol–water partition coefficient (Wildman–Crippen LogP) is 4.90. The Balaban J connectivity index is 1.60. The van der Waals surface area contributed by atoms with Crippen LogP contribution in [0.5, 0.6) is 11.5 Å². The van der Waals surface area contributed by atoms with Gasteiger partial charge < -0.3 is 14.0 Å². The fourth-order valence-electron chi connectivity index (χ4n) is 4.37. The van der Waals surface area contributed by atoms with Crippen LogP contribution in [0.2, 0.25) is 0 Å². The van der Waals surface area contributed by atoms with Crippen molar-refractivity contribution in [1.29, 1.82) is 0 Å². The Labute approximate surface area is 238 Å². The second kappa shape index (κ2) is 12.3. The van der Waals surface area contributed by atoms with Gasteiger partial charge in [-0.25, -0.2) is 18.2 Å². The van der Waals surface area contributed by atoms with Gasteiger partial charge in [-0.1, -0.05) is 17.7 Å². The first-order valence-corrected chi connectivity index (χ1v) is 14.1. The van der Waals surface area contributed by atoms with Crippen molar-refractivity contribution in [2.45, 2.75) is 25.7 Å². The Kier molecular flexibility index (Phi) is 8.77. The van der Waals surface area contributed by atoms with Gasteiger partial charge >= 0.3 is 0 Å². The lowest BCUT2D eigenvalue weighted by Crippen LogP contribution is -2.39. The first kappa shape index (κ1) is 29.3. The lowest BCUT2D eigenvalue weighted by molar-refractivity contribution is -0.119. The maximum Gasteiger partial charge on any atom is 0.264 e. The number of hydrazone groups is 1. The Hall–Kier alpha value is -4.64. The number of methoxy groups -OCH3 is 2. The van der Waals surface area contributed by atoms with E-state index in [9.17, 15) is 17.6 Å². The van der Waals surface area contributed by atoms with Gasteiger partial charge in [-0.3, -0.25) is 9.10 Å². The van der Waals surface area contributed by atoms with Crippen LogP contribution in [0.3, 0.4) is 0 Å². The molecule has 1 N–H and O–H groups in total. The topological polar surface area (TPSA) is 102 Å². The summed E-state index contributed by atoms with van der Waals surface area (Å²) in [5.41, 5.74) is 6.72. The molecule has 1 aromatic heterocycles. The van der Waals surface area contributed by atoms with Crippen molar-refractivity contribution < 1.29 is 27.1 Å². The summed E-state index contributed by atoms with van der Waals surface area (Å²) in [7, 11) is -1.28. The average Bonchev–Trinajstić information content (AvgIpc) is 3.24. The number of ether oxygens (including phenoxy) is 2. The van der Waals surface area contributed by atoms with Crippen molar-refractivity contribution in [3.8, 4) is 17.2 Å². The molecule has 0 atom stereocenters. The molecule has 0 fully saturated rings. The third-order valence-corrected chi connectivity index (χ3v) is 8.27. The molecule has 0 aliphatic heterocycles. The number of carbonyl (C=O) groups is 1. The zero-order valence-electron chi connectivity index (χ0n) is 23.4. The summed E-state index contributed by atoms with van der Waals surface area (Å²) in [6.07, 6.45) is 1.48. The van der Waals surface area contributed by atoms with E-state index < -0.39 is 22.5 Å². The van der Waals surface area contributed by atoms with E-state index in [-0.39, 0.29) is 22.1 Å². The van der Waals surface area contributed by atoms with Crippen LogP contribution in [-0.4, -0.2) is 45.9 Å². The minimum absolute atomic E-state index is 0.0190. The summed E-state index contributed by atoms with van der Waals surface area (Å²) < 4.78 is 54.4. The van der Waals surface area contributed by atoms with Crippen LogP contribution >= 0.6 is 0 Å². The molecular weight excluding hydrogens is 547 g/mol. The number of halogens is 1. The second-order valence-electron chi connectivity index (χ2n) is 9.29. The van der Waals surface area contributed by atoms with Crippen molar-refractivity contribution in [3.63, 3.8) is 0 Å². The number of hydrogen-bond donors (Lipinski definition) is 1. The molecule has 0 saturated heterocycles. The minimum atomic E-state index is -4.17. The first-order chi connectivity index (χ1) is 19.5. The highest BCUT2D eigenvalue weighted by Gasteiger charge is 2.29.